The summed E-state index contributed by atoms with van der Waals surface area (Å²) in [4.78, 5) is 4.08. The molecule has 0 aliphatic heterocycles. The van der Waals surface area contributed by atoms with Gasteiger partial charge in [0.1, 0.15) is 12.4 Å². The highest BCUT2D eigenvalue weighted by Crippen LogP contribution is 2.24. The second-order valence-electron chi connectivity index (χ2n) is 5.88. The van der Waals surface area contributed by atoms with Crippen LogP contribution in [0.2, 0.25) is 0 Å². The van der Waals surface area contributed by atoms with Gasteiger partial charge in [0.2, 0.25) is 0 Å². The summed E-state index contributed by atoms with van der Waals surface area (Å²) in [6.07, 6.45) is 5.66. The summed E-state index contributed by atoms with van der Waals surface area (Å²) in [5, 5.41) is 3.24. The van der Waals surface area contributed by atoms with Crippen LogP contribution in [0.3, 0.4) is 0 Å². The van der Waals surface area contributed by atoms with Crippen LogP contribution in [0.25, 0.3) is 10.9 Å². The number of fused-ring (bicyclic) bond motifs is 1. The molecule has 132 valence electrons. The number of pyridine rings is 1. The highest BCUT2D eigenvalue weighted by atomic mass is 35.5. The fourth-order valence-corrected chi connectivity index (χ4v) is 2.88. The van der Waals surface area contributed by atoms with Crippen LogP contribution in [-0.2, 0) is 6.61 Å². The maximum absolute atomic E-state index is 5.92. The first-order valence-electron chi connectivity index (χ1n) is 8.23. The maximum atomic E-state index is 5.92. The lowest BCUT2D eigenvalue weighted by atomic mass is 10.2. The Labute approximate surface area is 159 Å². The minimum Gasteiger partial charge on any atom is -0.489 e. The molecule has 0 saturated carbocycles. The van der Waals surface area contributed by atoms with Crippen molar-refractivity contribution in [2.24, 2.45) is 0 Å². The van der Waals surface area contributed by atoms with Crippen molar-refractivity contribution >= 4 is 29.0 Å². The molecule has 0 fully saturated rings. The smallest absolute Gasteiger partial charge is 0.120 e. The Hall–Kier alpha value is -2.98. The van der Waals surface area contributed by atoms with Crippen molar-refractivity contribution in [2.45, 2.75) is 6.61 Å². The molecule has 26 heavy (non-hydrogen) atoms. The molecule has 0 bridgehead atoms. The lowest BCUT2D eigenvalue weighted by Crippen LogP contribution is -2.23. The summed E-state index contributed by atoms with van der Waals surface area (Å²) in [5.41, 5.74) is 3.38. The quantitative estimate of drug-likeness (QED) is 0.502. The van der Waals surface area contributed by atoms with Crippen molar-refractivity contribution in [3.05, 3.63) is 90.9 Å². The van der Waals surface area contributed by atoms with Gasteiger partial charge in [-0.1, -0.05) is 30.3 Å². The first-order chi connectivity index (χ1) is 12.3. The van der Waals surface area contributed by atoms with Gasteiger partial charge in [-0.3, -0.25) is 14.7 Å². The average Bonchev–Trinajstić information content (AvgIpc) is 3.10. The number of aromatic nitrogens is 2. The van der Waals surface area contributed by atoms with Gasteiger partial charge in [0.05, 0.1) is 11.2 Å². The Kier molecular flexibility index (Phi) is 5.44. The van der Waals surface area contributed by atoms with E-state index >= 15 is 0 Å². The van der Waals surface area contributed by atoms with Crippen LogP contribution in [-0.4, -0.2) is 16.7 Å². The molecule has 0 aliphatic rings. The maximum Gasteiger partial charge on any atom is 0.120 e. The Balaban J connectivity index is 0.00000196. The zero-order valence-corrected chi connectivity index (χ0v) is 15.3. The number of ether oxygens (including phenoxy) is 1. The van der Waals surface area contributed by atoms with Gasteiger partial charge in [0.15, 0.2) is 0 Å². The van der Waals surface area contributed by atoms with E-state index in [0.29, 0.717) is 6.61 Å². The number of nitrogens with zero attached hydrogens (tertiary/aromatic N) is 3. The molecule has 2 heterocycles. The highest BCUT2D eigenvalue weighted by Gasteiger charge is 2.08. The van der Waals surface area contributed by atoms with Crippen molar-refractivity contribution in [3.8, 4) is 5.75 Å². The first-order valence-corrected chi connectivity index (χ1v) is 8.23. The molecule has 5 heteroatoms. The standard InChI is InChI=1S/C21H19N3O.ClH/c1-23(19-9-12-22-13-10-19)24-14-11-18-15-20(7-8-21(18)24)25-16-17-5-3-2-4-6-17;/h2-15H,16H2,1H3;1H. The Morgan fingerprint density at radius 1 is 0.962 bits per heavy atom. The van der Waals surface area contributed by atoms with E-state index in [9.17, 15) is 0 Å². The molecular weight excluding hydrogens is 346 g/mol. The van der Waals surface area contributed by atoms with E-state index in [-0.39, 0.29) is 12.4 Å². The molecule has 4 rings (SSSR count). The Bertz CT molecular complexity index is 970. The van der Waals surface area contributed by atoms with E-state index < -0.39 is 0 Å². The molecular formula is C21H20ClN3O. The molecule has 0 saturated heterocycles. The predicted octanol–water partition coefficient (Wildman–Crippen LogP) is 4.94. The lowest BCUT2D eigenvalue weighted by molar-refractivity contribution is 0.306. The number of hydrogen-bond acceptors (Lipinski definition) is 3. The monoisotopic (exact) mass is 365 g/mol. The minimum atomic E-state index is 0. The topological polar surface area (TPSA) is 30.3 Å². The fourth-order valence-electron chi connectivity index (χ4n) is 2.88. The molecule has 4 aromatic rings. The fraction of sp³-hybridized carbons (Fsp3) is 0.0952. The zero-order chi connectivity index (χ0) is 17.1. The number of benzene rings is 2. The third-order valence-corrected chi connectivity index (χ3v) is 4.25. The van der Waals surface area contributed by atoms with Crippen LogP contribution >= 0.6 is 12.4 Å². The van der Waals surface area contributed by atoms with Crippen molar-refractivity contribution in [1.82, 2.24) is 9.66 Å². The molecule has 0 spiro atoms. The summed E-state index contributed by atoms with van der Waals surface area (Å²) >= 11 is 0. The molecule has 4 nitrogen and oxygen atoms in total. The van der Waals surface area contributed by atoms with Gasteiger partial charge in [-0.25, -0.2) is 0 Å². The first kappa shape index (κ1) is 17.8. The second kappa shape index (κ2) is 7.93. The Morgan fingerprint density at radius 2 is 1.73 bits per heavy atom. The summed E-state index contributed by atoms with van der Waals surface area (Å²) in [6.45, 7) is 0.573. The molecule has 0 N–H and O–H groups in total. The van der Waals surface area contributed by atoms with E-state index in [1.807, 2.05) is 43.4 Å². The van der Waals surface area contributed by atoms with Crippen molar-refractivity contribution in [1.29, 1.82) is 0 Å². The van der Waals surface area contributed by atoms with Gasteiger partial charge in [-0.15, -0.1) is 12.4 Å². The van der Waals surface area contributed by atoms with Gasteiger partial charge in [0, 0.05) is 31.0 Å². The van der Waals surface area contributed by atoms with Gasteiger partial charge in [-0.05, 0) is 42.0 Å². The van der Waals surface area contributed by atoms with Crippen LogP contribution in [0.15, 0.2) is 85.3 Å². The van der Waals surface area contributed by atoms with Crippen LogP contribution in [0, 0.1) is 0 Å². The molecule has 2 aromatic carbocycles. The number of halogens is 1. The minimum absolute atomic E-state index is 0. The summed E-state index contributed by atoms with van der Waals surface area (Å²) in [6, 6.07) is 22.5. The summed E-state index contributed by atoms with van der Waals surface area (Å²) in [7, 11) is 2.04. The molecule has 0 radical (unpaired) electrons. The normalized spacial score (nSPS) is 10.3. The van der Waals surface area contributed by atoms with Gasteiger partial charge >= 0.3 is 0 Å². The Morgan fingerprint density at radius 3 is 2.50 bits per heavy atom. The van der Waals surface area contributed by atoms with Crippen LogP contribution in [0.4, 0.5) is 5.69 Å². The zero-order valence-electron chi connectivity index (χ0n) is 14.4. The molecule has 0 aliphatic carbocycles. The third-order valence-electron chi connectivity index (χ3n) is 4.25. The van der Waals surface area contributed by atoms with Gasteiger partial charge in [-0.2, -0.15) is 0 Å². The van der Waals surface area contributed by atoms with Crippen molar-refractivity contribution < 1.29 is 4.74 Å². The van der Waals surface area contributed by atoms with E-state index in [0.717, 1.165) is 27.9 Å². The van der Waals surface area contributed by atoms with Crippen molar-refractivity contribution in [3.63, 3.8) is 0 Å². The van der Waals surface area contributed by atoms with Crippen molar-refractivity contribution in [2.75, 3.05) is 12.1 Å². The average molecular weight is 366 g/mol. The largest absolute Gasteiger partial charge is 0.489 e. The van der Waals surface area contributed by atoms with E-state index in [4.69, 9.17) is 4.74 Å². The van der Waals surface area contributed by atoms with E-state index in [1.54, 1.807) is 12.4 Å². The molecule has 0 amide bonds. The number of hydrogen-bond donors (Lipinski definition) is 0. The molecule has 0 unspecified atom stereocenters. The van der Waals surface area contributed by atoms with Gasteiger partial charge in [0.25, 0.3) is 0 Å². The lowest BCUT2D eigenvalue weighted by Gasteiger charge is -2.21. The third kappa shape index (κ3) is 3.65. The van der Waals surface area contributed by atoms with Crippen LogP contribution < -0.4 is 9.75 Å². The summed E-state index contributed by atoms with van der Waals surface area (Å²) < 4.78 is 8.04. The predicted molar refractivity (Wildman–Crippen MR) is 108 cm³/mol. The van der Waals surface area contributed by atoms with E-state index in [1.165, 1.54) is 0 Å². The SMILES string of the molecule is CN(c1ccncc1)n1ccc2cc(OCc3ccccc3)ccc21.Cl. The van der Waals surface area contributed by atoms with Crippen LogP contribution in [0.1, 0.15) is 5.56 Å². The highest BCUT2D eigenvalue weighted by molar-refractivity contribution is 5.85. The second-order valence-corrected chi connectivity index (χ2v) is 5.88. The number of anilines is 1. The molecule has 2 aromatic heterocycles. The molecule has 0 atom stereocenters. The van der Waals surface area contributed by atoms with E-state index in [2.05, 4.69) is 51.2 Å². The van der Waals surface area contributed by atoms with Gasteiger partial charge < -0.3 is 4.74 Å². The summed E-state index contributed by atoms with van der Waals surface area (Å²) in [5.74, 6) is 0.876. The van der Waals surface area contributed by atoms with Crippen LogP contribution in [0.5, 0.6) is 5.75 Å². The number of rotatable bonds is 5.